The molecule has 0 fully saturated rings. The number of amides is 1. The first kappa shape index (κ1) is 17.8. The molecule has 1 amide bonds. The summed E-state index contributed by atoms with van der Waals surface area (Å²) in [5.74, 6) is 0.458. The lowest BCUT2D eigenvalue weighted by Gasteiger charge is -2.12. The molecule has 0 aliphatic carbocycles. The summed E-state index contributed by atoms with van der Waals surface area (Å²) in [7, 11) is -3.70. The minimum atomic E-state index is -3.70. The summed E-state index contributed by atoms with van der Waals surface area (Å²) in [4.78, 5) is 11.1. The van der Waals surface area contributed by atoms with Gasteiger partial charge in [0.25, 0.3) is 10.0 Å². The molecule has 0 aliphatic rings. The quantitative estimate of drug-likeness (QED) is 0.839. The molecule has 0 aliphatic heterocycles. The first-order chi connectivity index (χ1) is 11.3. The van der Waals surface area contributed by atoms with Crippen molar-refractivity contribution in [2.75, 3.05) is 10.0 Å². The molecule has 2 N–H and O–H groups in total. The molecule has 0 saturated heterocycles. The van der Waals surface area contributed by atoms with Crippen LogP contribution in [0.15, 0.2) is 53.4 Å². The highest BCUT2D eigenvalue weighted by Crippen LogP contribution is 2.21. The van der Waals surface area contributed by atoms with Crippen LogP contribution in [0.25, 0.3) is 0 Å². The van der Waals surface area contributed by atoms with Crippen molar-refractivity contribution < 1.29 is 17.9 Å². The summed E-state index contributed by atoms with van der Waals surface area (Å²) >= 11 is 0. The Morgan fingerprint density at radius 2 is 1.50 bits per heavy atom. The number of carbonyl (C=O) groups excluding carboxylic acids is 1. The van der Waals surface area contributed by atoms with Crippen LogP contribution in [0.1, 0.15) is 20.8 Å². The van der Waals surface area contributed by atoms with Crippen molar-refractivity contribution in [2.24, 2.45) is 0 Å². The van der Waals surface area contributed by atoms with Gasteiger partial charge in [-0.25, -0.2) is 8.42 Å². The summed E-state index contributed by atoms with van der Waals surface area (Å²) in [5.41, 5.74) is 0.980. The number of ether oxygens (including phenoxy) is 1. The zero-order chi connectivity index (χ0) is 17.7. The molecule has 2 aromatic rings. The Morgan fingerprint density at radius 1 is 0.958 bits per heavy atom. The molecule has 0 saturated carbocycles. The largest absolute Gasteiger partial charge is 0.491 e. The molecule has 7 heteroatoms. The number of hydrogen-bond acceptors (Lipinski definition) is 4. The molecule has 128 valence electrons. The smallest absolute Gasteiger partial charge is 0.261 e. The minimum Gasteiger partial charge on any atom is -0.491 e. The lowest BCUT2D eigenvalue weighted by atomic mass is 10.3. The van der Waals surface area contributed by atoms with E-state index in [1.54, 1.807) is 24.3 Å². The molecular weight excluding hydrogens is 328 g/mol. The third-order valence-corrected chi connectivity index (χ3v) is 4.36. The van der Waals surface area contributed by atoms with Gasteiger partial charge in [0.2, 0.25) is 5.91 Å². The van der Waals surface area contributed by atoms with Crippen LogP contribution in [-0.4, -0.2) is 20.4 Å². The zero-order valence-electron chi connectivity index (χ0n) is 13.7. The van der Waals surface area contributed by atoms with Crippen molar-refractivity contribution in [1.29, 1.82) is 0 Å². The Bertz CT molecular complexity index is 797. The van der Waals surface area contributed by atoms with Gasteiger partial charge in [0.15, 0.2) is 0 Å². The van der Waals surface area contributed by atoms with Gasteiger partial charge in [0, 0.05) is 18.3 Å². The fourth-order valence-electron chi connectivity index (χ4n) is 2.01. The minimum absolute atomic E-state index is 0.0506. The second-order valence-electron chi connectivity index (χ2n) is 5.50. The summed E-state index contributed by atoms with van der Waals surface area (Å²) in [5, 5.41) is 2.59. The maximum atomic E-state index is 12.4. The normalized spacial score (nSPS) is 11.2. The van der Waals surface area contributed by atoms with Gasteiger partial charge in [0.1, 0.15) is 5.75 Å². The van der Waals surface area contributed by atoms with Gasteiger partial charge in [-0.1, -0.05) is 0 Å². The topological polar surface area (TPSA) is 84.5 Å². The van der Waals surface area contributed by atoms with Crippen LogP contribution in [0.4, 0.5) is 11.4 Å². The highest BCUT2D eigenvalue weighted by Gasteiger charge is 2.14. The number of sulfonamides is 1. The van der Waals surface area contributed by atoms with Crippen LogP contribution >= 0.6 is 0 Å². The third-order valence-electron chi connectivity index (χ3n) is 2.96. The van der Waals surface area contributed by atoms with Crippen molar-refractivity contribution in [3.8, 4) is 5.75 Å². The zero-order valence-corrected chi connectivity index (χ0v) is 14.6. The van der Waals surface area contributed by atoms with Gasteiger partial charge in [-0.15, -0.1) is 0 Å². The van der Waals surface area contributed by atoms with Crippen LogP contribution in [0.5, 0.6) is 5.75 Å². The number of nitrogens with one attached hydrogen (secondary N) is 2. The molecule has 0 radical (unpaired) electrons. The van der Waals surface area contributed by atoms with E-state index in [1.807, 2.05) is 13.8 Å². The van der Waals surface area contributed by atoms with E-state index in [4.69, 9.17) is 4.74 Å². The molecule has 2 rings (SSSR count). The molecule has 0 bridgehead atoms. The van der Waals surface area contributed by atoms with E-state index in [9.17, 15) is 13.2 Å². The monoisotopic (exact) mass is 348 g/mol. The Kier molecular flexibility index (Phi) is 5.46. The fourth-order valence-corrected chi connectivity index (χ4v) is 3.07. The summed E-state index contributed by atoms with van der Waals surface area (Å²) < 4.78 is 32.8. The summed E-state index contributed by atoms with van der Waals surface area (Å²) in [6, 6.07) is 12.6. The second-order valence-corrected chi connectivity index (χ2v) is 7.18. The van der Waals surface area contributed by atoms with E-state index in [0.717, 1.165) is 0 Å². The Labute approximate surface area is 141 Å². The van der Waals surface area contributed by atoms with Crippen molar-refractivity contribution in [3.05, 3.63) is 48.5 Å². The molecule has 6 nitrogen and oxygen atoms in total. The van der Waals surface area contributed by atoms with Crippen molar-refractivity contribution in [1.82, 2.24) is 0 Å². The van der Waals surface area contributed by atoms with E-state index in [1.165, 1.54) is 31.2 Å². The Hall–Kier alpha value is -2.54. The maximum absolute atomic E-state index is 12.4. The van der Waals surface area contributed by atoms with Crippen molar-refractivity contribution in [3.63, 3.8) is 0 Å². The van der Waals surface area contributed by atoms with Gasteiger partial charge >= 0.3 is 0 Å². The number of benzene rings is 2. The molecule has 0 atom stereocenters. The third kappa shape index (κ3) is 4.99. The summed E-state index contributed by atoms with van der Waals surface area (Å²) in [6.45, 7) is 5.22. The van der Waals surface area contributed by atoms with Crippen LogP contribution < -0.4 is 14.8 Å². The Balaban J connectivity index is 2.11. The van der Waals surface area contributed by atoms with Gasteiger partial charge in [-0.05, 0) is 62.4 Å². The van der Waals surface area contributed by atoms with Crippen LogP contribution in [0.2, 0.25) is 0 Å². The van der Waals surface area contributed by atoms with Crippen LogP contribution in [0.3, 0.4) is 0 Å². The lowest BCUT2D eigenvalue weighted by molar-refractivity contribution is -0.114. The van der Waals surface area contributed by atoms with Gasteiger partial charge in [-0.3, -0.25) is 9.52 Å². The van der Waals surface area contributed by atoms with Crippen molar-refractivity contribution in [2.45, 2.75) is 31.8 Å². The highest BCUT2D eigenvalue weighted by molar-refractivity contribution is 7.92. The van der Waals surface area contributed by atoms with Gasteiger partial charge in [0.05, 0.1) is 11.0 Å². The standard InChI is InChI=1S/C17H20N2O4S/c1-12(2)23-16-8-4-15(5-9-16)19-24(21,22)17-10-6-14(7-11-17)18-13(3)20/h4-12,19H,1-3H3,(H,18,20). The number of carbonyl (C=O) groups is 1. The summed E-state index contributed by atoms with van der Waals surface area (Å²) in [6.07, 6.45) is 0.0506. The highest BCUT2D eigenvalue weighted by atomic mass is 32.2. The lowest BCUT2D eigenvalue weighted by Crippen LogP contribution is -2.13. The average Bonchev–Trinajstić information content (AvgIpc) is 2.48. The molecule has 0 heterocycles. The first-order valence-corrected chi connectivity index (χ1v) is 8.92. The Morgan fingerprint density at radius 3 is 2.00 bits per heavy atom. The van der Waals surface area contributed by atoms with Crippen LogP contribution in [-0.2, 0) is 14.8 Å². The predicted octanol–water partition coefficient (Wildman–Crippen LogP) is 3.23. The predicted molar refractivity (Wildman–Crippen MR) is 93.8 cm³/mol. The molecule has 0 unspecified atom stereocenters. The van der Waals surface area contributed by atoms with Crippen molar-refractivity contribution >= 4 is 27.3 Å². The van der Waals surface area contributed by atoms with Gasteiger partial charge in [-0.2, -0.15) is 0 Å². The first-order valence-electron chi connectivity index (χ1n) is 7.43. The van der Waals surface area contributed by atoms with E-state index < -0.39 is 10.0 Å². The number of hydrogen-bond donors (Lipinski definition) is 2. The second kappa shape index (κ2) is 7.35. The SMILES string of the molecule is CC(=O)Nc1ccc(S(=O)(=O)Nc2ccc(OC(C)C)cc2)cc1. The molecule has 0 spiro atoms. The number of rotatable bonds is 6. The molecule has 2 aromatic carbocycles. The van der Waals surface area contributed by atoms with E-state index in [2.05, 4.69) is 10.0 Å². The fraction of sp³-hybridized carbons (Fsp3) is 0.235. The maximum Gasteiger partial charge on any atom is 0.261 e. The van der Waals surface area contributed by atoms with E-state index in [0.29, 0.717) is 17.1 Å². The van der Waals surface area contributed by atoms with Crippen LogP contribution in [0, 0.1) is 0 Å². The molecule has 0 aromatic heterocycles. The average molecular weight is 348 g/mol. The van der Waals surface area contributed by atoms with Gasteiger partial charge < -0.3 is 10.1 Å². The van der Waals surface area contributed by atoms with E-state index in [-0.39, 0.29) is 16.9 Å². The number of anilines is 2. The molecule has 24 heavy (non-hydrogen) atoms. The van der Waals surface area contributed by atoms with E-state index >= 15 is 0 Å². The molecular formula is C17H20N2O4S.